The number of aromatic amines is 1. The Kier molecular flexibility index (Phi) is 3.14. The topological polar surface area (TPSA) is 39.3 Å². The Morgan fingerprint density at radius 2 is 2.45 bits per heavy atom. The van der Waals surface area contributed by atoms with Crippen LogP contribution in [0.5, 0.6) is 0 Å². The highest BCUT2D eigenvalue weighted by molar-refractivity contribution is 5.07. The minimum Gasteiger partial charge on any atom is -0.395 e. The summed E-state index contributed by atoms with van der Waals surface area (Å²) in [5.41, 5.74) is 1.25. The van der Waals surface area contributed by atoms with Gasteiger partial charge in [0.05, 0.1) is 6.61 Å². The predicted molar refractivity (Wildman–Crippen MR) is 44.2 cm³/mol. The number of nitrogens with zero attached hydrogens (tertiary/aromatic N) is 1. The molecular formula is C8H14N2O. The first-order valence-corrected chi connectivity index (χ1v) is 3.74. The summed E-state index contributed by atoms with van der Waals surface area (Å²) in [7, 11) is 1.99. The van der Waals surface area contributed by atoms with E-state index in [9.17, 15) is 0 Å². The van der Waals surface area contributed by atoms with E-state index in [4.69, 9.17) is 5.11 Å². The summed E-state index contributed by atoms with van der Waals surface area (Å²) < 4.78 is 0. The molecule has 2 N–H and O–H groups in total. The van der Waals surface area contributed by atoms with Crippen molar-refractivity contribution in [2.24, 2.45) is 0 Å². The summed E-state index contributed by atoms with van der Waals surface area (Å²) in [6.45, 7) is 1.84. The fourth-order valence-corrected chi connectivity index (χ4v) is 1.02. The van der Waals surface area contributed by atoms with Crippen molar-refractivity contribution >= 4 is 0 Å². The first-order valence-electron chi connectivity index (χ1n) is 3.74. The van der Waals surface area contributed by atoms with Crippen molar-refractivity contribution in [3.8, 4) is 0 Å². The Hall–Kier alpha value is -0.800. The average Bonchev–Trinajstić information content (AvgIpc) is 2.40. The van der Waals surface area contributed by atoms with E-state index in [-0.39, 0.29) is 6.61 Å². The smallest absolute Gasteiger partial charge is 0.0558 e. The van der Waals surface area contributed by atoms with Gasteiger partial charge in [0.2, 0.25) is 0 Å². The molecule has 1 heterocycles. The van der Waals surface area contributed by atoms with Crippen molar-refractivity contribution < 1.29 is 5.11 Å². The van der Waals surface area contributed by atoms with Crippen LogP contribution < -0.4 is 0 Å². The van der Waals surface area contributed by atoms with Gasteiger partial charge in [0.1, 0.15) is 0 Å². The number of aliphatic hydroxyl groups is 1. The molecule has 0 saturated heterocycles. The molecule has 0 atom stereocenters. The Bertz CT molecular complexity index is 184. The maximum absolute atomic E-state index is 8.62. The van der Waals surface area contributed by atoms with Crippen LogP contribution in [0.2, 0.25) is 0 Å². The highest BCUT2D eigenvalue weighted by atomic mass is 16.3. The van der Waals surface area contributed by atoms with Crippen LogP contribution in [0.1, 0.15) is 5.56 Å². The van der Waals surface area contributed by atoms with Gasteiger partial charge in [0.15, 0.2) is 0 Å². The molecule has 11 heavy (non-hydrogen) atoms. The molecule has 0 bridgehead atoms. The van der Waals surface area contributed by atoms with Crippen LogP contribution in [0.15, 0.2) is 18.5 Å². The summed E-state index contributed by atoms with van der Waals surface area (Å²) >= 11 is 0. The highest BCUT2D eigenvalue weighted by Crippen LogP contribution is 1.99. The SMILES string of the molecule is CN(CCO)Cc1cc[nH]c1. The van der Waals surface area contributed by atoms with Gasteiger partial charge in [0.25, 0.3) is 0 Å². The fraction of sp³-hybridized carbons (Fsp3) is 0.500. The maximum atomic E-state index is 8.62. The molecule has 0 amide bonds. The summed E-state index contributed by atoms with van der Waals surface area (Å²) in [4.78, 5) is 5.06. The van der Waals surface area contributed by atoms with Crippen molar-refractivity contribution in [3.05, 3.63) is 24.0 Å². The van der Waals surface area contributed by atoms with E-state index in [2.05, 4.69) is 9.88 Å². The largest absolute Gasteiger partial charge is 0.395 e. The van der Waals surface area contributed by atoms with Crippen molar-refractivity contribution in [3.63, 3.8) is 0 Å². The van der Waals surface area contributed by atoms with Gasteiger partial charge in [-0.2, -0.15) is 0 Å². The Morgan fingerprint density at radius 1 is 1.64 bits per heavy atom. The van der Waals surface area contributed by atoms with Gasteiger partial charge < -0.3 is 10.1 Å². The van der Waals surface area contributed by atoms with Crippen molar-refractivity contribution in [2.45, 2.75) is 6.54 Å². The first kappa shape index (κ1) is 8.30. The lowest BCUT2D eigenvalue weighted by molar-refractivity contribution is 0.217. The van der Waals surface area contributed by atoms with E-state index in [0.29, 0.717) is 0 Å². The van der Waals surface area contributed by atoms with E-state index >= 15 is 0 Å². The van der Waals surface area contributed by atoms with Gasteiger partial charge in [-0.25, -0.2) is 0 Å². The fourth-order valence-electron chi connectivity index (χ4n) is 1.02. The molecule has 1 rings (SSSR count). The van der Waals surface area contributed by atoms with Crippen molar-refractivity contribution in [2.75, 3.05) is 20.2 Å². The van der Waals surface area contributed by atoms with Gasteiger partial charge in [-0.3, -0.25) is 4.90 Å². The number of rotatable bonds is 4. The van der Waals surface area contributed by atoms with Gasteiger partial charge in [0, 0.05) is 25.5 Å². The molecule has 0 radical (unpaired) electrons. The number of nitrogens with one attached hydrogen (secondary N) is 1. The molecule has 0 saturated carbocycles. The Labute approximate surface area is 66.7 Å². The maximum Gasteiger partial charge on any atom is 0.0558 e. The molecule has 3 nitrogen and oxygen atoms in total. The van der Waals surface area contributed by atoms with Crippen molar-refractivity contribution in [1.29, 1.82) is 0 Å². The lowest BCUT2D eigenvalue weighted by Crippen LogP contribution is -2.21. The van der Waals surface area contributed by atoms with Crippen LogP contribution in [-0.4, -0.2) is 35.2 Å². The summed E-state index contributed by atoms with van der Waals surface area (Å²) in [6, 6.07) is 2.04. The number of hydrogen-bond donors (Lipinski definition) is 2. The second-order valence-corrected chi connectivity index (χ2v) is 2.68. The highest BCUT2D eigenvalue weighted by Gasteiger charge is 1.97. The van der Waals surface area contributed by atoms with Crippen LogP contribution in [0.4, 0.5) is 0 Å². The van der Waals surface area contributed by atoms with Crippen LogP contribution in [0.3, 0.4) is 0 Å². The van der Waals surface area contributed by atoms with Crippen LogP contribution in [0, 0.1) is 0 Å². The van der Waals surface area contributed by atoms with Gasteiger partial charge in [-0.1, -0.05) is 0 Å². The van der Waals surface area contributed by atoms with Crippen LogP contribution in [0.25, 0.3) is 0 Å². The molecule has 62 valence electrons. The lowest BCUT2D eigenvalue weighted by Gasteiger charge is -2.13. The van der Waals surface area contributed by atoms with Gasteiger partial charge in [-0.05, 0) is 18.7 Å². The number of hydrogen-bond acceptors (Lipinski definition) is 2. The summed E-state index contributed by atoms with van der Waals surface area (Å²) in [5, 5.41) is 8.62. The van der Waals surface area contributed by atoms with E-state index in [1.165, 1.54) is 5.56 Å². The third kappa shape index (κ3) is 2.74. The van der Waals surface area contributed by atoms with E-state index in [0.717, 1.165) is 13.1 Å². The van der Waals surface area contributed by atoms with Crippen LogP contribution >= 0.6 is 0 Å². The zero-order valence-corrected chi connectivity index (χ0v) is 6.75. The van der Waals surface area contributed by atoms with Gasteiger partial charge in [-0.15, -0.1) is 0 Å². The molecule has 0 aromatic carbocycles. The predicted octanol–water partition coefficient (Wildman–Crippen LogP) is 0.439. The second-order valence-electron chi connectivity index (χ2n) is 2.68. The Balaban J connectivity index is 2.31. The molecule has 0 fully saturated rings. The van der Waals surface area contributed by atoms with E-state index < -0.39 is 0 Å². The first-order chi connectivity index (χ1) is 5.33. The quantitative estimate of drug-likeness (QED) is 0.660. The third-order valence-electron chi connectivity index (χ3n) is 1.60. The van der Waals surface area contributed by atoms with E-state index in [1.54, 1.807) is 0 Å². The molecule has 1 aromatic rings. The van der Waals surface area contributed by atoms with E-state index in [1.807, 2.05) is 25.5 Å². The van der Waals surface area contributed by atoms with Crippen molar-refractivity contribution in [1.82, 2.24) is 9.88 Å². The number of aliphatic hydroxyl groups excluding tert-OH is 1. The molecule has 1 aromatic heterocycles. The zero-order chi connectivity index (χ0) is 8.10. The van der Waals surface area contributed by atoms with Gasteiger partial charge >= 0.3 is 0 Å². The lowest BCUT2D eigenvalue weighted by atomic mass is 10.3. The molecule has 0 aliphatic carbocycles. The molecule has 3 heteroatoms. The monoisotopic (exact) mass is 154 g/mol. The van der Waals surface area contributed by atoms with Crippen LogP contribution in [-0.2, 0) is 6.54 Å². The number of H-pyrrole nitrogens is 1. The molecule has 0 spiro atoms. The molecule has 0 aliphatic rings. The average molecular weight is 154 g/mol. The molecule has 0 aliphatic heterocycles. The zero-order valence-electron chi connectivity index (χ0n) is 6.75. The standard InChI is InChI=1S/C8H14N2O/c1-10(4-5-11)7-8-2-3-9-6-8/h2-3,6,9,11H,4-5,7H2,1H3. The Morgan fingerprint density at radius 3 is 3.00 bits per heavy atom. The summed E-state index contributed by atoms with van der Waals surface area (Å²) in [5.74, 6) is 0. The third-order valence-corrected chi connectivity index (χ3v) is 1.60. The normalized spacial score (nSPS) is 10.8. The number of likely N-dealkylation sites (N-methyl/N-ethyl adjacent to an activating group) is 1. The minimum absolute atomic E-state index is 0.223. The summed E-state index contributed by atoms with van der Waals surface area (Å²) in [6.07, 6.45) is 3.87. The minimum atomic E-state index is 0.223. The molecule has 0 unspecified atom stereocenters. The molecular weight excluding hydrogens is 140 g/mol. The number of aromatic nitrogens is 1. The second kappa shape index (κ2) is 4.16.